The van der Waals surface area contributed by atoms with E-state index in [2.05, 4.69) is 4.98 Å². The van der Waals surface area contributed by atoms with Gasteiger partial charge >= 0.3 is 6.09 Å². The molecule has 0 fully saturated rings. The van der Waals surface area contributed by atoms with Crippen LogP contribution in [-0.4, -0.2) is 26.5 Å². The maximum Gasteiger partial charge on any atom is 0.429 e. The second-order valence-electron chi connectivity index (χ2n) is 2.47. The molecule has 0 atom stereocenters. The topological polar surface area (TPSA) is 70.5 Å². The van der Waals surface area contributed by atoms with Crippen LogP contribution in [0.2, 0.25) is 10.3 Å². The van der Waals surface area contributed by atoms with Gasteiger partial charge in [-0.05, 0) is 6.07 Å². The molecule has 0 aliphatic rings. The molecule has 16 heavy (non-hydrogen) atoms. The maximum atomic E-state index is 13.0. The molecule has 9 heteroatoms. The van der Waals surface area contributed by atoms with Gasteiger partial charge in [0.2, 0.25) is 0 Å². The van der Waals surface area contributed by atoms with Crippen molar-refractivity contribution in [3.8, 4) is 0 Å². The second-order valence-corrected chi connectivity index (χ2v) is 3.52. The highest BCUT2D eigenvalue weighted by atomic mass is 35.5. The van der Waals surface area contributed by atoms with Crippen molar-refractivity contribution in [2.45, 2.75) is 0 Å². The van der Waals surface area contributed by atoms with Crippen molar-refractivity contribution in [2.75, 3.05) is 0 Å². The summed E-state index contributed by atoms with van der Waals surface area (Å²) in [6.45, 7) is 0. The van der Waals surface area contributed by atoms with Gasteiger partial charge in [-0.1, -0.05) is 23.2 Å². The molecule has 0 aromatic carbocycles. The van der Waals surface area contributed by atoms with E-state index in [0.29, 0.717) is 6.07 Å². The number of hydrogen-bond donors (Lipinski definition) is 1. The summed E-state index contributed by atoms with van der Waals surface area (Å²) < 4.78 is 12.8. The summed E-state index contributed by atoms with van der Waals surface area (Å²) in [5, 5.41) is 7.45. The van der Waals surface area contributed by atoms with Crippen LogP contribution in [-0.2, 0) is 0 Å². The Labute approximate surface area is 103 Å². The second kappa shape index (κ2) is 4.82. The normalized spacial score (nSPS) is 10.0. The molecule has 0 saturated heterocycles. The van der Waals surface area contributed by atoms with Crippen LogP contribution in [0, 0.1) is 5.82 Å². The average molecular weight is 287 g/mol. The predicted molar refractivity (Wildman–Crippen MR) is 54.3 cm³/mol. The third-order valence-electron chi connectivity index (χ3n) is 1.46. The van der Waals surface area contributed by atoms with Crippen molar-refractivity contribution in [2.24, 2.45) is 0 Å². The number of imide groups is 1. The van der Waals surface area contributed by atoms with Crippen LogP contribution in [0.15, 0.2) is 6.07 Å². The summed E-state index contributed by atoms with van der Waals surface area (Å²) in [5.41, 5.74) is -0.499. The number of nitrogens with zero attached hydrogens (tertiary/aromatic N) is 2. The largest absolute Gasteiger partial charge is 0.464 e. The van der Waals surface area contributed by atoms with Crippen LogP contribution >= 0.6 is 35.0 Å². The fraction of sp³-hybridized carbons (Fsp3) is 0. The lowest BCUT2D eigenvalue weighted by atomic mass is 10.2. The summed E-state index contributed by atoms with van der Waals surface area (Å²) in [6, 6.07) is 0.651. The summed E-state index contributed by atoms with van der Waals surface area (Å²) in [4.78, 5) is 25.0. The molecule has 0 spiro atoms. The molecule has 5 nitrogen and oxygen atoms in total. The molecule has 86 valence electrons. The van der Waals surface area contributed by atoms with Crippen LogP contribution in [0.4, 0.5) is 9.18 Å². The van der Waals surface area contributed by atoms with E-state index >= 15 is 0 Å². The van der Waals surface area contributed by atoms with Crippen molar-refractivity contribution in [3.05, 3.63) is 27.8 Å². The zero-order valence-corrected chi connectivity index (χ0v) is 9.52. The fourth-order valence-corrected chi connectivity index (χ4v) is 1.28. The predicted octanol–water partition coefficient (Wildman–Crippen LogP) is 2.80. The molecule has 1 rings (SSSR count). The number of aromatic nitrogens is 1. The molecule has 0 aliphatic carbocycles. The first-order valence-corrected chi connectivity index (χ1v) is 4.68. The highest BCUT2D eigenvalue weighted by molar-refractivity contribution is 6.37. The zero-order valence-electron chi connectivity index (χ0n) is 7.25. The Bertz CT molecular complexity index is 468. The Balaban J connectivity index is 3.19. The molecule has 1 aromatic rings. The van der Waals surface area contributed by atoms with Gasteiger partial charge in [-0.15, -0.1) is 4.42 Å². The SMILES string of the molecule is O=C(O)N(Cl)C(=O)c1cc(F)c(Cl)nc1Cl. The van der Waals surface area contributed by atoms with E-state index in [1.165, 1.54) is 0 Å². The molecule has 1 aromatic heterocycles. The van der Waals surface area contributed by atoms with Gasteiger partial charge in [-0.25, -0.2) is 14.2 Å². The Morgan fingerprint density at radius 2 is 1.94 bits per heavy atom. The molecule has 0 aliphatic heterocycles. The molecule has 1 N–H and O–H groups in total. The average Bonchev–Trinajstić information content (AvgIpc) is 2.21. The number of pyridine rings is 1. The van der Waals surface area contributed by atoms with E-state index in [9.17, 15) is 14.0 Å². The minimum Gasteiger partial charge on any atom is -0.464 e. The molecule has 0 saturated carbocycles. The molecular formula is C7H2Cl3FN2O3. The fourth-order valence-electron chi connectivity index (χ4n) is 0.788. The van der Waals surface area contributed by atoms with Crippen molar-refractivity contribution in [3.63, 3.8) is 0 Å². The third kappa shape index (κ3) is 2.52. The van der Waals surface area contributed by atoms with Crippen LogP contribution in [0.5, 0.6) is 0 Å². The summed E-state index contributed by atoms with van der Waals surface area (Å²) in [5.74, 6) is -2.23. The van der Waals surface area contributed by atoms with E-state index in [-0.39, 0.29) is 4.42 Å². The first-order chi connectivity index (χ1) is 7.34. The number of carboxylic acid groups (broad SMARTS) is 1. The number of carbonyl (C=O) groups excluding carboxylic acids is 1. The molecule has 1 heterocycles. The van der Waals surface area contributed by atoms with Crippen molar-refractivity contribution in [1.29, 1.82) is 0 Å². The Morgan fingerprint density at radius 1 is 1.38 bits per heavy atom. The number of halogens is 4. The Hall–Kier alpha value is -1.11. The minimum atomic E-state index is -1.72. The lowest BCUT2D eigenvalue weighted by molar-refractivity contribution is 0.0852. The molecule has 0 bridgehead atoms. The number of amides is 2. The van der Waals surface area contributed by atoms with E-state index in [0.717, 1.165) is 0 Å². The van der Waals surface area contributed by atoms with Crippen molar-refractivity contribution in [1.82, 2.24) is 9.40 Å². The first kappa shape index (κ1) is 13.0. The molecule has 2 amide bonds. The van der Waals surface area contributed by atoms with E-state index in [4.69, 9.17) is 40.1 Å². The lowest BCUT2D eigenvalue weighted by Gasteiger charge is -2.08. The molecule has 0 radical (unpaired) electrons. The van der Waals surface area contributed by atoms with Gasteiger partial charge in [0.25, 0.3) is 5.91 Å². The number of rotatable bonds is 1. The smallest absolute Gasteiger partial charge is 0.429 e. The van der Waals surface area contributed by atoms with E-state index in [1.54, 1.807) is 0 Å². The van der Waals surface area contributed by atoms with Crippen LogP contribution < -0.4 is 0 Å². The monoisotopic (exact) mass is 286 g/mol. The van der Waals surface area contributed by atoms with Crippen LogP contribution in [0.1, 0.15) is 10.4 Å². The van der Waals surface area contributed by atoms with E-state index < -0.39 is 33.7 Å². The Morgan fingerprint density at radius 3 is 2.44 bits per heavy atom. The Kier molecular flexibility index (Phi) is 3.90. The van der Waals surface area contributed by atoms with Gasteiger partial charge in [0, 0.05) is 11.8 Å². The quantitative estimate of drug-likeness (QED) is 0.637. The highest BCUT2D eigenvalue weighted by Crippen LogP contribution is 2.22. The van der Waals surface area contributed by atoms with Crippen LogP contribution in [0.3, 0.4) is 0 Å². The van der Waals surface area contributed by atoms with E-state index in [1.807, 2.05) is 0 Å². The van der Waals surface area contributed by atoms with Gasteiger partial charge in [0.05, 0.1) is 5.56 Å². The van der Waals surface area contributed by atoms with Crippen molar-refractivity contribution < 1.29 is 19.1 Å². The number of hydrogen-bond acceptors (Lipinski definition) is 3. The van der Waals surface area contributed by atoms with Gasteiger partial charge < -0.3 is 5.11 Å². The van der Waals surface area contributed by atoms with Gasteiger partial charge in [-0.3, -0.25) is 4.79 Å². The maximum absolute atomic E-state index is 13.0. The van der Waals surface area contributed by atoms with Gasteiger partial charge in [0.15, 0.2) is 11.0 Å². The summed E-state index contributed by atoms with van der Waals surface area (Å²) >= 11 is 15.9. The van der Waals surface area contributed by atoms with Gasteiger partial charge in [0.1, 0.15) is 5.15 Å². The minimum absolute atomic E-state index is 0.170. The first-order valence-electron chi connectivity index (χ1n) is 3.59. The summed E-state index contributed by atoms with van der Waals surface area (Å²) in [7, 11) is 0. The molecule has 0 unspecified atom stereocenters. The molecular weight excluding hydrogens is 285 g/mol. The lowest BCUT2D eigenvalue weighted by Crippen LogP contribution is -2.27. The van der Waals surface area contributed by atoms with Gasteiger partial charge in [-0.2, -0.15) is 0 Å². The zero-order chi connectivity index (χ0) is 12.5. The number of carbonyl (C=O) groups is 2. The highest BCUT2D eigenvalue weighted by Gasteiger charge is 2.24. The summed E-state index contributed by atoms with van der Waals surface area (Å²) in [6.07, 6.45) is -1.72. The van der Waals surface area contributed by atoms with Crippen LogP contribution in [0.25, 0.3) is 0 Å². The standard InChI is InChI=1S/C7H2Cl3FN2O3/c8-4-2(1-3(11)5(9)12-4)6(14)13(10)7(15)16/h1H,(H,15,16). The third-order valence-corrected chi connectivity index (χ3v) is 2.31. The van der Waals surface area contributed by atoms with Crippen molar-refractivity contribution >= 4 is 47.0 Å².